The Hall–Kier alpha value is -3.22. The molecular weight excluding hydrogens is 400 g/mol. The number of rotatable bonds is 6. The van der Waals surface area contributed by atoms with E-state index in [2.05, 4.69) is 0 Å². The van der Waals surface area contributed by atoms with E-state index in [-0.39, 0.29) is 56.5 Å². The summed E-state index contributed by atoms with van der Waals surface area (Å²) in [6, 6.07) is 0. The molecule has 0 spiro atoms. The van der Waals surface area contributed by atoms with Gasteiger partial charge in [0.2, 0.25) is 0 Å². The van der Waals surface area contributed by atoms with Gasteiger partial charge in [-0.05, 0) is 26.2 Å². The summed E-state index contributed by atoms with van der Waals surface area (Å²) in [5, 5.41) is 43.3. The number of furan rings is 1. The van der Waals surface area contributed by atoms with E-state index in [0.29, 0.717) is 6.42 Å². The van der Waals surface area contributed by atoms with Gasteiger partial charge in [0.05, 0.1) is 10.8 Å². The van der Waals surface area contributed by atoms with Crippen molar-refractivity contribution in [3.8, 4) is 23.0 Å². The van der Waals surface area contributed by atoms with Crippen LogP contribution in [0.1, 0.15) is 72.4 Å². The fourth-order valence-corrected chi connectivity index (χ4v) is 3.88. The molecule has 3 aromatic rings. The van der Waals surface area contributed by atoms with E-state index >= 15 is 0 Å². The summed E-state index contributed by atoms with van der Waals surface area (Å²) in [7, 11) is 0. The zero-order valence-electron chi connectivity index (χ0n) is 18.6. The number of hydrogen-bond donors (Lipinski definition) is 4. The van der Waals surface area contributed by atoms with E-state index < -0.39 is 40.5 Å². The normalized spacial score (nSPS) is 12.7. The van der Waals surface area contributed by atoms with E-state index in [1.807, 2.05) is 20.8 Å². The maximum Gasteiger partial charge on any atom is 0.173 e. The second-order valence-electron chi connectivity index (χ2n) is 8.60. The minimum atomic E-state index is -0.523. The highest BCUT2D eigenvalue weighted by molar-refractivity contribution is 6.21. The number of phenolic OH excluding ortho intramolecular Hbond substituents is 4. The molecule has 3 rings (SSSR count). The summed E-state index contributed by atoms with van der Waals surface area (Å²) in [6.07, 6.45) is 0.610. The molecule has 0 aliphatic carbocycles. The number of aromatic hydroxyl groups is 4. The van der Waals surface area contributed by atoms with Gasteiger partial charge >= 0.3 is 0 Å². The third-order valence-corrected chi connectivity index (χ3v) is 5.90. The number of benzene rings is 2. The SMILES string of the molecule is CC[C@@H](C)C(=O)c1c(O)c(C)c2oc3c(C)c(O)c(C(=O)CC(C)C)c(O)c3c2c1O. The van der Waals surface area contributed by atoms with E-state index in [0.717, 1.165) is 0 Å². The van der Waals surface area contributed by atoms with Gasteiger partial charge < -0.3 is 24.8 Å². The molecular formula is C24H28O7. The molecule has 4 N–H and O–H groups in total. The molecule has 0 unspecified atom stereocenters. The Morgan fingerprint density at radius 2 is 1.26 bits per heavy atom. The molecule has 0 radical (unpaired) electrons. The van der Waals surface area contributed by atoms with Crippen LogP contribution in [0.3, 0.4) is 0 Å². The van der Waals surface area contributed by atoms with Gasteiger partial charge in [0, 0.05) is 23.5 Å². The highest BCUT2D eigenvalue weighted by Gasteiger charge is 2.32. The maximum atomic E-state index is 12.9. The van der Waals surface area contributed by atoms with Gasteiger partial charge in [0.15, 0.2) is 11.6 Å². The molecule has 1 heterocycles. The largest absolute Gasteiger partial charge is 0.507 e. The van der Waals surface area contributed by atoms with E-state index in [9.17, 15) is 30.0 Å². The first kappa shape index (κ1) is 22.5. The number of carbonyl (C=O) groups excluding carboxylic acids is 2. The Morgan fingerprint density at radius 1 is 0.806 bits per heavy atom. The molecule has 0 saturated carbocycles. The molecule has 0 amide bonds. The van der Waals surface area contributed by atoms with Crippen molar-refractivity contribution in [2.24, 2.45) is 11.8 Å². The first-order valence-corrected chi connectivity index (χ1v) is 10.4. The second-order valence-corrected chi connectivity index (χ2v) is 8.60. The lowest BCUT2D eigenvalue weighted by Crippen LogP contribution is -2.11. The van der Waals surface area contributed by atoms with Crippen molar-refractivity contribution in [1.82, 2.24) is 0 Å². The van der Waals surface area contributed by atoms with Crippen LogP contribution >= 0.6 is 0 Å². The van der Waals surface area contributed by atoms with Crippen molar-refractivity contribution in [1.29, 1.82) is 0 Å². The Bertz CT molecular complexity index is 1230. The molecule has 1 aromatic heterocycles. The van der Waals surface area contributed by atoms with Crippen LogP contribution in [0.25, 0.3) is 21.9 Å². The third-order valence-electron chi connectivity index (χ3n) is 5.90. The highest BCUT2D eigenvalue weighted by Crippen LogP contribution is 2.51. The quantitative estimate of drug-likeness (QED) is 0.383. The number of ketones is 2. The lowest BCUT2D eigenvalue weighted by Gasteiger charge is -2.14. The van der Waals surface area contributed by atoms with Crippen molar-refractivity contribution in [3.05, 3.63) is 22.3 Å². The van der Waals surface area contributed by atoms with Gasteiger partial charge in [-0.1, -0.05) is 27.7 Å². The summed E-state index contributed by atoms with van der Waals surface area (Å²) in [5.41, 5.74) is 0.0609. The molecule has 0 bridgehead atoms. The maximum absolute atomic E-state index is 12.9. The van der Waals surface area contributed by atoms with Crippen LogP contribution < -0.4 is 0 Å². The van der Waals surface area contributed by atoms with Crippen LogP contribution in [-0.4, -0.2) is 32.0 Å². The lowest BCUT2D eigenvalue weighted by molar-refractivity contribution is 0.0920. The van der Waals surface area contributed by atoms with Gasteiger partial charge in [-0.15, -0.1) is 0 Å². The molecule has 0 saturated heterocycles. The number of fused-ring (bicyclic) bond motifs is 3. The Labute approximate surface area is 179 Å². The molecule has 31 heavy (non-hydrogen) atoms. The Balaban J connectivity index is 2.51. The molecule has 7 heteroatoms. The van der Waals surface area contributed by atoms with Gasteiger partial charge in [-0.25, -0.2) is 0 Å². The first-order chi connectivity index (χ1) is 14.4. The second kappa shape index (κ2) is 7.80. The Kier molecular flexibility index (Phi) is 5.65. The number of aryl methyl sites for hydroxylation is 2. The summed E-state index contributed by atoms with van der Waals surface area (Å²) in [4.78, 5) is 25.6. The fourth-order valence-electron chi connectivity index (χ4n) is 3.88. The van der Waals surface area contributed by atoms with Crippen molar-refractivity contribution in [2.45, 2.75) is 54.4 Å². The number of hydrogen-bond acceptors (Lipinski definition) is 7. The molecule has 1 atom stereocenters. The van der Waals surface area contributed by atoms with Crippen LogP contribution in [0.5, 0.6) is 23.0 Å². The molecule has 0 aliphatic rings. The topological polar surface area (TPSA) is 128 Å². The average molecular weight is 428 g/mol. The number of carbonyl (C=O) groups is 2. The summed E-state index contributed by atoms with van der Waals surface area (Å²) in [6.45, 7) is 10.3. The van der Waals surface area contributed by atoms with E-state index in [1.54, 1.807) is 6.92 Å². The molecule has 166 valence electrons. The fraction of sp³-hybridized carbons (Fsp3) is 0.417. The summed E-state index contributed by atoms with van der Waals surface area (Å²) in [5.74, 6) is -3.18. The molecule has 0 aliphatic heterocycles. The van der Waals surface area contributed by atoms with Crippen molar-refractivity contribution in [3.63, 3.8) is 0 Å². The van der Waals surface area contributed by atoms with Crippen molar-refractivity contribution in [2.75, 3.05) is 0 Å². The molecule has 2 aromatic carbocycles. The Morgan fingerprint density at radius 3 is 1.71 bits per heavy atom. The molecule has 0 fully saturated rings. The molecule has 7 nitrogen and oxygen atoms in total. The zero-order chi connectivity index (χ0) is 23.4. The summed E-state index contributed by atoms with van der Waals surface area (Å²) < 4.78 is 5.81. The van der Waals surface area contributed by atoms with Crippen molar-refractivity contribution < 1.29 is 34.4 Å². The minimum Gasteiger partial charge on any atom is -0.507 e. The zero-order valence-corrected chi connectivity index (χ0v) is 18.6. The van der Waals surface area contributed by atoms with Crippen molar-refractivity contribution >= 4 is 33.5 Å². The van der Waals surface area contributed by atoms with Gasteiger partial charge in [-0.2, -0.15) is 0 Å². The minimum absolute atomic E-state index is 0.00394. The average Bonchev–Trinajstić information content (AvgIpc) is 3.11. The van der Waals surface area contributed by atoms with Gasteiger partial charge in [-0.3, -0.25) is 9.59 Å². The van der Waals surface area contributed by atoms with Crippen LogP contribution in [0.4, 0.5) is 0 Å². The number of Topliss-reactive ketones (excluding diaryl/α,β-unsaturated/α-hetero) is 2. The lowest BCUT2D eigenvalue weighted by atomic mass is 9.91. The van der Waals surface area contributed by atoms with Crippen LogP contribution in [0.2, 0.25) is 0 Å². The smallest absolute Gasteiger partial charge is 0.173 e. The van der Waals surface area contributed by atoms with Crippen LogP contribution in [-0.2, 0) is 0 Å². The van der Waals surface area contributed by atoms with Crippen LogP contribution in [0, 0.1) is 25.7 Å². The monoisotopic (exact) mass is 428 g/mol. The first-order valence-electron chi connectivity index (χ1n) is 10.4. The summed E-state index contributed by atoms with van der Waals surface area (Å²) >= 11 is 0. The van der Waals surface area contributed by atoms with Crippen LogP contribution in [0.15, 0.2) is 4.42 Å². The standard InChI is InChI=1S/C24H28O7/c1-7-10(4)18(26)17-20(28)12(6)24-16(22(17)30)15-21(29)14(13(25)8-9(2)3)19(27)11(5)23(15)31-24/h9-10,27-30H,7-8H2,1-6H3/t10-/m1/s1. The van der Waals surface area contributed by atoms with Gasteiger partial charge in [0.1, 0.15) is 45.3 Å². The number of phenols is 4. The van der Waals surface area contributed by atoms with Gasteiger partial charge in [0.25, 0.3) is 0 Å². The highest BCUT2D eigenvalue weighted by atomic mass is 16.3. The van der Waals surface area contributed by atoms with E-state index in [1.165, 1.54) is 13.8 Å². The predicted octanol–water partition coefficient (Wildman–Crippen LogP) is 5.48. The predicted molar refractivity (Wildman–Crippen MR) is 117 cm³/mol. The third kappa shape index (κ3) is 3.28. The van der Waals surface area contributed by atoms with E-state index in [4.69, 9.17) is 4.42 Å².